The molecule has 0 spiro atoms. The molecular formula is C48H30FN3S. The van der Waals surface area contributed by atoms with Crippen LogP contribution >= 0.6 is 11.3 Å². The number of aromatic nitrogens is 2. The Bertz CT molecular complexity index is 3190. The molecule has 11 aromatic rings. The third kappa shape index (κ3) is 4.64. The monoisotopic (exact) mass is 699 g/mol. The van der Waals surface area contributed by atoms with Crippen LogP contribution in [0, 0.1) is 5.82 Å². The molecule has 3 heterocycles. The van der Waals surface area contributed by atoms with Gasteiger partial charge in [0.05, 0.1) is 22.1 Å². The molecule has 0 atom stereocenters. The molecule has 0 aliphatic heterocycles. The van der Waals surface area contributed by atoms with E-state index in [4.69, 9.17) is 0 Å². The van der Waals surface area contributed by atoms with Gasteiger partial charge >= 0.3 is 0 Å². The van der Waals surface area contributed by atoms with Crippen molar-refractivity contribution in [2.45, 2.75) is 0 Å². The van der Waals surface area contributed by atoms with E-state index in [1.54, 1.807) is 0 Å². The van der Waals surface area contributed by atoms with E-state index in [0.29, 0.717) is 0 Å². The molecule has 3 aromatic heterocycles. The minimum atomic E-state index is -0.244. The SMILES string of the molecule is Fc1ccc(-n2c3ccccc3c3cc(N(c4ccc5c(c4)sc4ccccc45)c4ccc5c6ccccc6n(-c6ccccc6)c5c4)ccc32)cc1. The second-order valence-corrected chi connectivity index (χ2v) is 14.6. The lowest BCUT2D eigenvalue weighted by atomic mass is 10.1. The van der Waals surface area contributed by atoms with Gasteiger partial charge in [-0.25, -0.2) is 4.39 Å². The van der Waals surface area contributed by atoms with Crippen LogP contribution in [-0.4, -0.2) is 9.13 Å². The van der Waals surface area contributed by atoms with Gasteiger partial charge in [-0.2, -0.15) is 0 Å². The molecule has 0 aliphatic rings. The lowest BCUT2D eigenvalue weighted by Crippen LogP contribution is -2.10. The molecule has 0 saturated carbocycles. The number of benzene rings is 8. The van der Waals surface area contributed by atoms with Gasteiger partial charge < -0.3 is 14.0 Å². The van der Waals surface area contributed by atoms with Gasteiger partial charge in [0.1, 0.15) is 5.82 Å². The summed E-state index contributed by atoms with van der Waals surface area (Å²) in [5.74, 6) is -0.244. The van der Waals surface area contributed by atoms with E-state index >= 15 is 0 Å². The number of hydrogen-bond acceptors (Lipinski definition) is 2. The Morgan fingerprint density at radius 3 is 1.64 bits per heavy atom. The normalized spacial score (nSPS) is 11.9. The van der Waals surface area contributed by atoms with Crippen LogP contribution < -0.4 is 4.90 Å². The first-order chi connectivity index (χ1) is 26.2. The van der Waals surface area contributed by atoms with Crippen molar-refractivity contribution in [1.82, 2.24) is 9.13 Å². The maximum Gasteiger partial charge on any atom is 0.123 e. The summed E-state index contributed by atoms with van der Waals surface area (Å²) < 4.78 is 21.2. The average molecular weight is 700 g/mol. The zero-order chi connectivity index (χ0) is 35.0. The average Bonchev–Trinajstić information content (AvgIpc) is 3.86. The standard InChI is InChI=1S/C48H30FN3S/c49-31-18-20-33(21-19-31)51-44-16-8-5-13-38(44)42-28-34(24-27-45(42)51)50(36-23-26-41-40-14-6-9-17-47(40)53-48(41)30-36)35-22-25-39-37-12-4-7-15-43(37)52(46(39)29-35)32-10-2-1-3-11-32/h1-30H. The molecule has 0 N–H and O–H groups in total. The summed E-state index contributed by atoms with van der Waals surface area (Å²) in [4.78, 5) is 2.39. The van der Waals surface area contributed by atoms with Crippen molar-refractivity contribution < 1.29 is 4.39 Å². The summed E-state index contributed by atoms with van der Waals surface area (Å²) in [6, 6.07) is 63.6. The number of rotatable bonds is 5. The Labute approximate surface area is 308 Å². The number of hydrogen-bond donors (Lipinski definition) is 0. The molecule has 0 amide bonds. The summed E-state index contributed by atoms with van der Waals surface area (Å²) in [6.45, 7) is 0. The molecule has 8 aromatic carbocycles. The van der Waals surface area contributed by atoms with E-state index in [0.717, 1.165) is 55.8 Å². The largest absolute Gasteiger partial charge is 0.310 e. The van der Waals surface area contributed by atoms with Crippen molar-refractivity contribution in [3.63, 3.8) is 0 Å². The van der Waals surface area contributed by atoms with E-state index in [2.05, 4.69) is 172 Å². The van der Waals surface area contributed by atoms with Gasteiger partial charge in [0.2, 0.25) is 0 Å². The predicted octanol–water partition coefficient (Wildman–Crippen LogP) is 13.9. The molecule has 0 saturated heterocycles. The molecule has 53 heavy (non-hydrogen) atoms. The van der Waals surface area contributed by atoms with E-state index < -0.39 is 0 Å². The highest BCUT2D eigenvalue weighted by molar-refractivity contribution is 7.25. The molecule has 0 bridgehead atoms. The summed E-state index contributed by atoms with van der Waals surface area (Å²) in [6.07, 6.45) is 0. The van der Waals surface area contributed by atoms with Crippen molar-refractivity contribution in [1.29, 1.82) is 0 Å². The highest BCUT2D eigenvalue weighted by atomic mass is 32.1. The molecule has 0 radical (unpaired) electrons. The van der Waals surface area contributed by atoms with Gasteiger partial charge in [0.15, 0.2) is 0 Å². The molecule has 11 rings (SSSR count). The molecule has 0 aliphatic carbocycles. The number of fused-ring (bicyclic) bond motifs is 9. The molecule has 0 unspecified atom stereocenters. The summed E-state index contributed by atoms with van der Waals surface area (Å²) >= 11 is 1.83. The van der Waals surface area contributed by atoms with E-state index in [1.165, 1.54) is 48.6 Å². The highest BCUT2D eigenvalue weighted by Gasteiger charge is 2.20. The molecule has 0 fully saturated rings. The lowest BCUT2D eigenvalue weighted by Gasteiger charge is -2.26. The fourth-order valence-electron chi connectivity index (χ4n) is 8.22. The zero-order valence-electron chi connectivity index (χ0n) is 28.4. The van der Waals surface area contributed by atoms with Gasteiger partial charge in [-0.05, 0) is 97.1 Å². The van der Waals surface area contributed by atoms with Gasteiger partial charge in [0.25, 0.3) is 0 Å². The van der Waals surface area contributed by atoms with Gasteiger partial charge in [-0.1, -0.05) is 84.9 Å². The zero-order valence-corrected chi connectivity index (χ0v) is 29.3. The maximum atomic E-state index is 14.0. The summed E-state index contributed by atoms with van der Waals surface area (Å²) in [5, 5.41) is 7.28. The number of para-hydroxylation sites is 3. The van der Waals surface area contributed by atoms with Gasteiger partial charge in [-0.15, -0.1) is 11.3 Å². The van der Waals surface area contributed by atoms with Crippen LogP contribution in [-0.2, 0) is 0 Å². The van der Waals surface area contributed by atoms with Crippen molar-refractivity contribution in [3.8, 4) is 11.4 Å². The minimum Gasteiger partial charge on any atom is -0.310 e. The summed E-state index contributed by atoms with van der Waals surface area (Å²) in [5.41, 5.74) is 9.75. The van der Waals surface area contributed by atoms with Crippen molar-refractivity contribution in [2.24, 2.45) is 0 Å². The van der Waals surface area contributed by atoms with Crippen LogP contribution in [0.2, 0.25) is 0 Å². The molecular weight excluding hydrogens is 670 g/mol. The third-order valence-electron chi connectivity index (χ3n) is 10.5. The van der Waals surface area contributed by atoms with Crippen molar-refractivity contribution >= 4 is 92.2 Å². The van der Waals surface area contributed by atoms with E-state index in [9.17, 15) is 4.39 Å². The molecule has 250 valence electrons. The van der Waals surface area contributed by atoms with Gasteiger partial charge in [-0.3, -0.25) is 0 Å². The quantitative estimate of drug-likeness (QED) is 0.174. The van der Waals surface area contributed by atoms with Crippen LogP contribution in [0.3, 0.4) is 0 Å². The summed E-state index contributed by atoms with van der Waals surface area (Å²) in [7, 11) is 0. The second kappa shape index (κ2) is 11.7. The lowest BCUT2D eigenvalue weighted by molar-refractivity contribution is 0.627. The third-order valence-corrected chi connectivity index (χ3v) is 11.7. The Balaban J connectivity index is 1.18. The highest BCUT2D eigenvalue weighted by Crippen LogP contribution is 2.44. The predicted molar refractivity (Wildman–Crippen MR) is 223 cm³/mol. The van der Waals surface area contributed by atoms with Crippen LogP contribution in [0.4, 0.5) is 21.5 Å². The Hall–Kier alpha value is -6.69. The first-order valence-electron chi connectivity index (χ1n) is 17.8. The molecule has 5 heteroatoms. The Morgan fingerprint density at radius 2 is 0.868 bits per heavy atom. The van der Waals surface area contributed by atoms with E-state index in [-0.39, 0.29) is 5.82 Å². The number of nitrogens with zero attached hydrogens (tertiary/aromatic N) is 3. The smallest absolute Gasteiger partial charge is 0.123 e. The topological polar surface area (TPSA) is 13.1 Å². The maximum absolute atomic E-state index is 14.0. The van der Waals surface area contributed by atoms with Crippen LogP contribution in [0.15, 0.2) is 182 Å². The fourth-order valence-corrected chi connectivity index (χ4v) is 9.36. The van der Waals surface area contributed by atoms with Crippen molar-refractivity contribution in [2.75, 3.05) is 4.90 Å². The second-order valence-electron chi connectivity index (χ2n) is 13.5. The number of halogens is 1. The first-order valence-corrected chi connectivity index (χ1v) is 18.6. The first kappa shape index (κ1) is 30.0. The van der Waals surface area contributed by atoms with Crippen LogP contribution in [0.25, 0.3) is 75.2 Å². The minimum absolute atomic E-state index is 0.244. The Morgan fingerprint density at radius 1 is 0.358 bits per heavy atom. The molecule has 3 nitrogen and oxygen atoms in total. The van der Waals surface area contributed by atoms with Gasteiger partial charge in [0, 0.05) is 70.2 Å². The number of thiophene rings is 1. The van der Waals surface area contributed by atoms with E-state index in [1.807, 2.05) is 23.5 Å². The van der Waals surface area contributed by atoms with Crippen molar-refractivity contribution in [3.05, 3.63) is 188 Å². The van der Waals surface area contributed by atoms with Crippen LogP contribution in [0.1, 0.15) is 0 Å². The fraction of sp³-hybridized carbons (Fsp3) is 0. The Kier molecular flexibility index (Phi) is 6.60. The number of anilines is 3. The van der Waals surface area contributed by atoms with Crippen LogP contribution in [0.5, 0.6) is 0 Å².